The summed E-state index contributed by atoms with van der Waals surface area (Å²) in [6.07, 6.45) is 7.02. The van der Waals surface area contributed by atoms with Gasteiger partial charge < -0.3 is 14.6 Å². The van der Waals surface area contributed by atoms with Gasteiger partial charge in [-0.25, -0.2) is 9.79 Å². The average molecular weight is 563 g/mol. The third kappa shape index (κ3) is 5.62. The Hall–Kier alpha value is -2.47. The number of halogens is 2. The highest BCUT2D eigenvalue weighted by Crippen LogP contribution is 2.42. The maximum absolute atomic E-state index is 12.5. The minimum atomic E-state index is -0.619. The molecule has 1 aliphatic rings. The van der Waals surface area contributed by atoms with Crippen LogP contribution in [0.25, 0.3) is 6.08 Å². The second-order valence-corrected chi connectivity index (χ2v) is 8.85. The standard InChI is InChI=1S/C23H17Br2NO4S/c1-3-10-30-21-16(24)11-14(12-17(21)25)13-18-20(27)19(23(28)29-4-2)22(31-18)26-15-8-6-5-7-9-15/h1,5-9,11-13,27H,4,10H2,2H3/b18-13-,26-22?. The number of rotatable bonds is 6. The third-order valence-corrected chi connectivity index (χ3v) is 6.17. The van der Waals surface area contributed by atoms with Gasteiger partial charge in [0.25, 0.3) is 0 Å². The molecule has 0 amide bonds. The SMILES string of the molecule is C#CCOc1c(Br)cc(/C=C2\SC(=Nc3ccccc3)C(C(=O)OCC)=C2O)cc1Br. The molecule has 0 aliphatic carbocycles. The molecule has 1 heterocycles. The number of nitrogens with zero attached hydrogens (tertiary/aromatic N) is 1. The van der Waals surface area contributed by atoms with Crippen LogP contribution in [0.3, 0.4) is 0 Å². The average Bonchev–Trinajstić information content (AvgIpc) is 3.03. The highest BCUT2D eigenvalue weighted by Gasteiger charge is 2.33. The minimum absolute atomic E-state index is 0.0501. The van der Waals surface area contributed by atoms with Crippen molar-refractivity contribution in [2.45, 2.75) is 6.92 Å². The lowest BCUT2D eigenvalue weighted by molar-refractivity contribution is -0.138. The van der Waals surface area contributed by atoms with E-state index in [-0.39, 0.29) is 24.5 Å². The number of carbonyl (C=O) groups excluding carboxylic acids is 1. The first-order valence-electron chi connectivity index (χ1n) is 9.14. The summed E-state index contributed by atoms with van der Waals surface area (Å²) < 4.78 is 12.0. The highest BCUT2D eigenvalue weighted by molar-refractivity contribution is 9.11. The quantitative estimate of drug-likeness (QED) is 0.325. The number of aliphatic hydroxyl groups excluding tert-OH is 1. The predicted molar refractivity (Wildman–Crippen MR) is 132 cm³/mol. The van der Waals surface area contributed by atoms with Crippen molar-refractivity contribution < 1.29 is 19.4 Å². The molecular weight excluding hydrogens is 546 g/mol. The van der Waals surface area contributed by atoms with Gasteiger partial charge in [0.2, 0.25) is 0 Å². The summed E-state index contributed by atoms with van der Waals surface area (Å²) in [5, 5.41) is 11.2. The molecule has 2 aromatic rings. The lowest BCUT2D eigenvalue weighted by Gasteiger charge is -2.09. The summed E-state index contributed by atoms with van der Waals surface area (Å²) in [5.74, 6) is 2.22. The van der Waals surface area contributed by atoms with E-state index in [1.54, 1.807) is 13.0 Å². The van der Waals surface area contributed by atoms with Crippen LogP contribution in [-0.4, -0.2) is 29.3 Å². The number of aliphatic imine (C=N–C) groups is 1. The van der Waals surface area contributed by atoms with E-state index in [0.717, 1.165) is 5.56 Å². The van der Waals surface area contributed by atoms with Crippen LogP contribution in [-0.2, 0) is 9.53 Å². The first-order valence-corrected chi connectivity index (χ1v) is 11.5. The van der Waals surface area contributed by atoms with Crippen LogP contribution in [0.5, 0.6) is 5.75 Å². The number of hydrogen-bond donors (Lipinski definition) is 1. The van der Waals surface area contributed by atoms with Crippen molar-refractivity contribution >= 4 is 66.4 Å². The number of thioether (sulfide) groups is 1. The molecule has 0 fully saturated rings. The van der Waals surface area contributed by atoms with E-state index in [1.807, 2.05) is 42.5 Å². The Morgan fingerprint density at radius 1 is 1.26 bits per heavy atom. The largest absolute Gasteiger partial charge is 0.506 e. The fraction of sp³-hybridized carbons (Fsp3) is 0.130. The summed E-state index contributed by atoms with van der Waals surface area (Å²) in [5.41, 5.74) is 1.49. The van der Waals surface area contributed by atoms with E-state index in [4.69, 9.17) is 15.9 Å². The Labute approximate surface area is 201 Å². The van der Waals surface area contributed by atoms with E-state index in [2.05, 4.69) is 42.8 Å². The molecule has 1 N–H and O–H groups in total. The van der Waals surface area contributed by atoms with Crippen LogP contribution in [0.15, 0.2) is 72.6 Å². The van der Waals surface area contributed by atoms with E-state index >= 15 is 0 Å². The minimum Gasteiger partial charge on any atom is -0.506 e. The third-order valence-electron chi connectivity index (χ3n) is 3.98. The van der Waals surface area contributed by atoms with Gasteiger partial charge >= 0.3 is 5.97 Å². The maximum Gasteiger partial charge on any atom is 0.344 e. The Morgan fingerprint density at radius 2 is 1.94 bits per heavy atom. The maximum atomic E-state index is 12.5. The van der Waals surface area contributed by atoms with Crippen LogP contribution in [0, 0.1) is 12.3 Å². The molecule has 0 aromatic heterocycles. The number of hydrogen-bond acceptors (Lipinski definition) is 6. The molecule has 0 saturated carbocycles. The Kier molecular flexibility index (Phi) is 8.02. The molecule has 1 aliphatic heterocycles. The van der Waals surface area contributed by atoms with Gasteiger partial charge in [-0.3, -0.25) is 0 Å². The summed E-state index contributed by atoms with van der Waals surface area (Å²) in [6.45, 7) is 2.04. The molecule has 0 saturated heterocycles. The lowest BCUT2D eigenvalue weighted by atomic mass is 10.1. The number of benzene rings is 2. The number of esters is 1. The molecule has 0 unspecified atom stereocenters. The van der Waals surface area contributed by atoms with Gasteiger partial charge in [-0.2, -0.15) is 0 Å². The van der Waals surface area contributed by atoms with Crippen LogP contribution in [0.2, 0.25) is 0 Å². The molecule has 0 bridgehead atoms. The fourth-order valence-electron chi connectivity index (χ4n) is 2.68. The van der Waals surface area contributed by atoms with Gasteiger partial charge in [0, 0.05) is 0 Å². The zero-order chi connectivity index (χ0) is 22.4. The summed E-state index contributed by atoms with van der Waals surface area (Å²) in [6, 6.07) is 12.9. The summed E-state index contributed by atoms with van der Waals surface area (Å²) in [4.78, 5) is 17.5. The van der Waals surface area contributed by atoms with Crippen molar-refractivity contribution in [3.8, 4) is 18.1 Å². The van der Waals surface area contributed by atoms with Crippen molar-refractivity contribution in [3.63, 3.8) is 0 Å². The number of carbonyl (C=O) groups is 1. The molecule has 8 heteroatoms. The summed E-state index contributed by atoms with van der Waals surface area (Å²) >= 11 is 8.14. The van der Waals surface area contributed by atoms with Gasteiger partial charge in [0.1, 0.15) is 28.7 Å². The van der Waals surface area contributed by atoms with Crippen molar-refractivity contribution in [2.24, 2.45) is 4.99 Å². The molecule has 0 atom stereocenters. The summed E-state index contributed by atoms with van der Waals surface area (Å²) in [7, 11) is 0. The second-order valence-electron chi connectivity index (χ2n) is 6.11. The smallest absolute Gasteiger partial charge is 0.344 e. The molecule has 2 aromatic carbocycles. The van der Waals surface area contributed by atoms with Gasteiger partial charge in [0.15, 0.2) is 0 Å². The Balaban J connectivity index is 2.02. The molecule has 158 valence electrons. The molecule has 3 rings (SSSR count). The van der Waals surface area contributed by atoms with Crippen molar-refractivity contribution in [1.29, 1.82) is 0 Å². The van der Waals surface area contributed by atoms with Crippen molar-refractivity contribution in [3.05, 3.63) is 73.2 Å². The van der Waals surface area contributed by atoms with Gasteiger partial charge in [-0.05, 0) is 74.7 Å². The zero-order valence-electron chi connectivity index (χ0n) is 16.4. The predicted octanol–water partition coefficient (Wildman–Crippen LogP) is 6.42. The van der Waals surface area contributed by atoms with Gasteiger partial charge in [-0.15, -0.1) is 6.42 Å². The van der Waals surface area contributed by atoms with E-state index in [0.29, 0.717) is 30.3 Å². The van der Waals surface area contributed by atoms with Gasteiger partial charge in [0.05, 0.1) is 26.1 Å². The highest BCUT2D eigenvalue weighted by atomic mass is 79.9. The van der Waals surface area contributed by atoms with Crippen LogP contribution >= 0.6 is 43.6 Å². The van der Waals surface area contributed by atoms with Crippen LogP contribution < -0.4 is 4.74 Å². The monoisotopic (exact) mass is 561 g/mol. The molecule has 0 radical (unpaired) electrons. The number of aliphatic hydroxyl groups is 1. The zero-order valence-corrected chi connectivity index (χ0v) is 20.4. The number of terminal acetylenes is 1. The molecular formula is C23H17Br2NO4S. The van der Waals surface area contributed by atoms with Crippen molar-refractivity contribution in [1.82, 2.24) is 0 Å². The fourth-order valence-corrected chi connectivity index (χ4v) is 5.16. The molecule has 0 spiro atoms. The molecule has 31 heavy (non-hydrogen) atoms. The first kappa shape index (κ1) is 23.2. The van der Waals surface area contributed by atoms with Gasteiger partial charge in [-0.1, -0.05) is 35.9 Å². The van der Waals surface area contributed by atoms with E-state index in [1.165, 1.54) is 11.8 Å². The Bertz CT molecular complexity index is 1110. The van der Waals surface area contributed by atoms with E-state index in [9.17, 15) is 9.90 Å². The number of ether oxygens (including phenoxy) is 2. The van der Waals surface area contributed by atoms with E-state index < -0.39 is 5.97 Å². The lowest BCUT2D eigenvalue weighted by Crippen LogP contribution is -2.12. The number of para-hydroxylation sites is 1. The topological polar surface area (TPSA) is 68.1 Å². The Morgan fingerprint density at radius 3 is 2.55 bits per heavy atom. The normalized spacial score (nSPS) is 15.9. The second kappa shape index (κ2) is 10.7. The first-order chi connectivity index (χ1) is 14.9. The molecule has 5 nitrogen and oxygen atoms in total. The van der Waals surface area contributed by atoms with Crippen LogP contribution in [0.1, 0.15) is 12.5 Å². The van der Waals surface area contributed by atoms with Crippen molar-refractivity contribution in [2.75, 3.05) is 13.2 Å². The van der Waals surface area contributed by atoms with Crippen LogP contribution in [0.4, 0.5) is 5.69 Å².